The second-order valence-corrected chi connectivity index (χ2v) is 4.19. The van der Waals surface area contributed by atoms with Gasteiger partial charge in [-0.05, 0) is 64.2 Å². The van der Waals surface area contributed by atoms with E-state index in [1.165, 1.54) is 32.1 Å². The van der Waals surface area contributed by atoms with E-state index in [2.05, 4.69) is 13.8 Å². The minimum atomic E-state index is 0.847. The van der Waals surface area contributed by atoms with Crippen molar-refractivity contribution in [1.82, 2.24) is 0 Å². The van der Waals surface area contributed by atoms with E-state index >= 15 is 0 Å². The fraction of sp³-hybridized carbons (Fsp3) is 0.389. The molecule has 0 unspecified atom stereocenters. The van der Waals surface area contributed by atoms with Gasteiger partial charge >= 0.3 is 27.0 Å². The van der Waals surface area contributed by atoms with E-state index in [-0.39, 0.29) is 0 Å². The second kappa shape index (κ2) is 24.9. The van der Waals surface area contributed by atoms with Crippen LogP contribution in [0.1, 0.15) is 45.4 Å². The summed E-state index contributed by atoms with van der Waals surface area (Å²) in [6.07, 6.45) is 28.0. The van der Waals surface area contributed by atoms with E-state index < -0.39 is 0 Å². The average molecular weight is 344 g/mol. The summed E-state index contributed by atoms with van der Waals surface area (Å²) in [4.78, 5) is 0. The third-order valence-corrected chi connectivity index (χ3v) is 2.46. The molecule has 2 rings (SSSR count). The molecule has 108 valence electrons. The van der Waals surface area contributed by atoms with Crippen LogP contribution in [-0.2, 0) is 17.3 Å². The third-order valence-electron chi connectivity index (χ3n) is 2.46. The van der Waals surface area contributed by atoms with E-state index in [4.69, 9.17) is 9.69 Å². The molecule has 0 aromatic carbocycles. The molecule has 0 heterocycles. The molecule has 2 saturated carbocycles. The molecule has 20 heavy (non-hydrogen) atoms. The predicted molar refractivity (Wildman–Crippen MR) is 87.6 cm³/mol. The molecule has 0 N–H and O–H groups in total. The van der Waals surface area contributed by atoms with Crippen LogP contribution in [0.25, 0.3) is 0 Å². The molecule has 0 aromatic rings. The van der Waals surface area contributed by atoms with Crippen molar-refractivity contribution in [3.05, 3.63) is 71.1 Å². The Morgan fingerprint density at radius 1 is 0.650 bits per heavy atom. The molecular weight excluding hydrogens is 317 g/mol. The van der Waals surface area contributed by atoms with Crippen LogP contribution in [0.2, 0.25) is 0 Å². The zero-order valence-electron chi connectivity index (χ0n) is 12.8. The number of rotatable bonds is 5. The standard InChI is InChI=1S/C8H17.2C5H5.ClH.Zn/c1-3-5-7-8-6-4-2;2*1-2-4-5-3-1;;/h1,3-8H2,2H3;2*1-5H;1H;/q-1;;;;+2/p-1. The van der Waals surface area contributed by atoms with Crippen molar-refractivity contribution >= 4 is 9.69 Å². The van der Waals surface area contributed by atoms with Crippen molar-refractivity contribution in [2.24, 2.45) is 0 Å². The summed E-state index contributed by atoms with van der Waals surface area (Å²) in [7, 11) is 4.76. The van der Waals surface area contributed by atoms with E-state index in [0.717, 1.165) is 23.7 Å². The van der Waals surface area contributed by atoms with E-state index in [0.29, 0.717) is 0 Å². The zero-order valence-corrected chi connectivity index (χ0v) is 16.5. The molecule has 2 aliphatic carbocycles. The molecule has 2 aliphatic rings. The predicted octanol–water partition coefficient (Wildman–Crippen LogP) is 5.91. The van der Waals surface area contributed by atoms with Gasteiger partial charge in [0.25, 0.3) is 0 Å². The van der Waals surface area contributed by atoms with E-state index in [9.17, 15) is 0 Å². The van der Waals surface area contributed by atoms with Crippen LogP contribution < -0.4 is 0 Å². The molecule has 0 bridgehead atoms. The summed E-state index contributed by atoms with van der Waals surface area (Å²) in [5.74, 6) is 0. The first kappa shape index (κ1) is 23.2. The fourth-order valence-corrected chi connectivity index (χ4v) is 1.42. The first-order valence-electron chi connectivity index (χ1n) is 7.31. The third kappa shape index (κ3) is 24.0. The molecule has 0 atom stereocenters. The summed E-state index contributed by atoms with van der Waals surface area (Å²) >= 11 is 0.847. The van der Waals surface area contributed by atoms with Crippen LogP contribution in [0.15, 0.2) is 0 Å². The van der Waals surface area contributed by atoms with Gasteiger partial charge < -0.3 is 6.92 Å². The van der Waals surface area contributed by atoms with Crippen LogP contribution in [0, 0.1) is 71.1 Å². The molecule has 0 aromatic heterocycles. The Morgan fingerprint density at radius 2 is 0.950 bits per heavy atom. The van der Waals surface area contributed by atoms with Crippen molar-refractivity contribution in [2.45, 2.75) is 45.4 Å². The molecule has 0 saturated heterocycles. The Labute approximate surface area is 143 Å². The van der Waals surface area contributed by atoms with Gasteiger partial charge in [0.2, 0.25) is 0 Å². The maximum atomic E-state index is 4.76. The van der Waals surface area contributed by atoms with Crippen LogP contribution in [0.5, 0.6) is 0 Å². The van der Waals surface area contributed by atoms with Gasteiger partial charge in [-0.3, -0.25) is 0 Å². The quantitative estimate of drug-likeness (QED) is 0.330. The Bertz CT molecular complexity index is 100. The van der Waals surface area contributed by atoms with Crippen LogP contribution >= 0.6 is 9.69 Å². The fourth-order valence-electron chi connectivity index (χ4n) is 1.42. The van der Waals surface area contributed by atoms with Crippen molar-refractivity contribution in [3.63, 3.8) is 0 Å². The van der Waals surface area contributed by atoms with Gasteiger partial charge in [-0.2, -0.15) is 6.42 Å². The second-order valence-electron chi connectivity index (χ2n) is 4.19. The average Bonchev–Trinajstić information content (AvgIpc) is 3.24. The topological polar surface area (TPSA) is 0 Å². The van der Waals surface area contributed by atoms with Gasteiger partial charge in [0.1, 0.15) is 0 Å². The number of hydrogen-bond acceptors (Lipinski definition) is 0. The van der Waals surface area contributed by atoms with Gasteiger partial charge in [-0.25, -0.2) is 0 Å². The van der Waals surface area contributed by atoms with Crippen molar-refractivity contribution < 1.29 is 17.3 Å². The number of unbranched alkanes of at least 4 members (excludes halogenated alkanes) is 5. The van der Waals surface area contributed by atoms with Gasteiger partial charge in [-0.1, -0.05) is 39.0 Å². The minimum absolute atomic E-state index is 0.847. The van der Waals surface area contributed by atoms with Crippen molar-refractivity contribution in [2.75, 3.05) is 0 Å². The summed E-state index contributed by atoms with van der Waals surface area (Å²) in [5.41, 5.74) is 0. The molecule has 0 amide bonds. The first-order valence-corrected chi connectivity index (χ1v) is 11.2. The zero-order chi connectivity index (χ0) is 15.3. The molecule has 0 aliphatic heterocycles. The normalized spacial score (nSPS) is 16.2. The molecule has 0 nitrogen and oxygen atoms in total. The summed E-state index contributed by atoms with van der Waals surface area (Å²) in [5, 5.41) is 0. The van der Waals surface area contributed by atoms with Crippen LogP contribution in [-0.4, -0.2) is 0 Å². The Balaban J connectivity index is 0. The first-order chi connectivity index (χ1) is 9.91. The number of hydrogen-bond donors (Lipinski definition) is 0. The van der Waals surface area contributed by atoms with Crippen molar-refractivity contribution in [1.29, 1.82) is 0 Å². The molecular formula is C18H27ClZn. The Kier molecular flexibility index (Phi) is 28.9. The molecule has 2 heteroatoms. The SMILES string of the molecule is [CH2-]CCCCCCC.[CH]1[CH][CH][CH][CH]1.[CH]1[CH][CH][CH][CH]1.[Cl][Zn+]. The van der Waals surface area contributed by atoms with E-state index in [1.54, 1.807) is 0 Å². The molecule has 2 fully saturated rings. The van der Waals surface area contributed by atoms with Crippen molar-refractivity contribution in [3.8, 4) is 0 Å². The van der Waals surface area contributed by atoms with Gasteiger partial charge in [0.05, 0.1) is 0 Å². The molecule has 10 radical (unpaired) electrons. The number of halogens is 1. The molecule has 0 spiro atoms. The van der Waals surface area contributed by atoms with Gasteiger partial charge in [-0.15, -0.1) is 0 Å². The Hall–Kier alpha value is 0.913. The summed E-state index contributed by atoms with van der Waals surface area (Å²) in [6, 6.07) is 0. The monoisotopic (exact) mass is 342 g/mol. The Morgan fingerprint density at radius 3 is 1.20 bits per heavy atom. The van der Waals surface area contributed by atoms with E-state index in [1.807, 2.05) is 64.2 Å². The van der Waals surface area contributed by atoms with Gasteiger partial charge in [0.15, 0.2) is 0 Å². The van der Waals surface area contributed by atoms with Crippen LogP contribution in [0.3, 0.4) is 0 Å². The summed E-state index contributed by atoms with van der Waals surface area (Å²) in [6.45, 7) is 6.02. The summed E-state index contributed by atoms with van der Waals surface area (Å²) < 4.78 is 0. The maximum absolute atomic E-state index is 4.76. The van der Waals surface area contributed by atoms with Crippen LogP contribution in [0.4, 0.5) is 0 Å². The van der Waals surface area contributed by atoms with Gasteiger partial charge in [0, 0.05) is 0 Å².